The third-order valence-electron chi connectivity index (χ3n) is 4.34. The van der Waals surface area contributed by atoms with Gasteiger partial charge in [0, 0.05) is 25.5 Å². The van der Waals surface area contributed by atoms with E-state index in [2.05, 4.69) is 5.16 Å². The predicted octanol–water partition coefficient (Wildman–Crippen LogP) is 1.25. The van der Waals surface area contributed by atoms with Crippen molar-refractivity contribution in [2.24, 2.45) is 0 Å². The maximum Gasteiger partial charge on any atom is 0.280 e. The second kappa shape index (κ2) is 7.14. The van der Waals surface area contributed by atoms with E-state index in [0.717, 1.165) is 5.56 Å². The summed E-state index contributed by atoms with van der Waals surface area (Å²) in [5.41, 5.74) is -0.268. The number of ether oxygens (including phenoxy) is 1. The van der Waals surface area contributed by atoms with E-state index in [1.165, 1.54) is 6.07 Å². The van der Waals surface area contributed by atoms with Gasteiger partial charge >= 0.3 is 0 Å². The number of likely N-dealkylation sites (tertiary alicyclic amines) is 1. The Hall–Kier alpha value is -2.54. The zero-order valence-electron chi connectivity index (χ0n) is 14.2. The van der Waals surface area contributed by atoms with Gasteiger partial charge in [0.25, 0.3) is 5.56 Å². The first kappa shape index (κ1) is 17.3. The zero-order valence-corrected chi connectivity index (χ0v) is 14.2. The zero-order chi connectivity index (χ0) is 17.9. The van der Waals surface area contributed by atoms with E-state index < -0.39 is 5.60 Å². The van der Waals surface area contributed by atoms with Crippen LogP contribution in [-0.2, 0) is 11.2 Å². The van der Waals surface area contributed by atoms with Gasteiger partial charge in [0.1, 0.15) is 23.7 Å². The molecule has 1 aromatic carbocycles. The number of carbonyl (C=O) groups is 1. The summed E-state index contributed by atoms with van der Waals surface area (Å²) >= 11 is 0. The number of aliphatic hydroxyl groups is 1. The average molecular weight is 346 g/mol. The number of β-amino-alcohol motifs (C(OH)–C–C–N with tert-alkyl or cyclic N) is 1. The summed E-state index contributed by atoms with van der Waals surface area (Å²) in [4.78, 5) is 24.9. The Kier molecular flexibility index (Phi) is 4.94. The van der Waals surface area contributed by atoms with Gasteiger partial charge in [-0.3, -0.25) is 9.59 Å². The van der Waals surface area contributed by atoms with E-state index in [9.17, 15) is 14.7 Å². The first-order valence-corrected chi connectivity index (χ1v) is 8.31. The van der Waals surface area contributed by atoms with Crippen LogP contribution in [0, 0.1) is 6.92 Å². The van der Waals surface area contributed by atoms with E-state index in [1.54, 1.807) is 4.90 Å². The number of aromatic nitrogens is 1. The highest BCUT2D eigenvalue weighted by Gasteiger charge is 2.38. The first-order valence-electron chi connectivity index (χ1n) is 8.31. The molecule has 25 heavy (non-hydrogen) atoms. The van der Waals surface area contributed by atoms with Crippen molar-refractivity contribution < 1.29 is 19.2 Å². The van der Waals surface area contributed by atoms with Gasteiger partial charge in [0.15, 0.2) is 0 Å². The van der Waals surface area contributed by atoms with Crippen LogP contribution >= 0.6 is 0 Å². The second-order valence-corrected chi connectivity index (χ2v) is 6.57. The van der Waals surface area contributed by atoms with Crippen LogP contribution in [0.3, 0.4) is 0 Å². The van der Waals surface area contributed by atoms with Crippen LogP contribution in [0.4, 0.5) is 0 Å². The van der Waals surface area contributed by atoms with E-state index in [1.807, 2.05) is 31.2 Å². The van der Waals surface area contributed by atoms with Gasteiger partial charge in [-0.05, 0) is 31.0 Å². The smallest absolute Gasteiger partial charge is 0.280 e. The number of nitrogens with one attached hydrogen (secondary N) is 1. The Morgan fingerprint density at radius 1 is 1.44 bits per heavy atom. The molecular weight excluding hydrogens is 324 g/mol. The first-order chi connectivity index (χ1) is 11.9. The predicted molar refractivity (Wildman–Crippen MR) is 90.5 cm³/mol. The molecule has 1 aliphatic heterocycles. The second-order valence-electron chi connectivity index (χ2n) is 6.57. The van der Waals surface area contributed by atoms with Crippen LogP contribution in [0.1, 0.15) is 24.2 Å². The van der Waals surface area contributed by atoms with Gasteiger partial charge in [0.2, 0.25) is 5.91 Å². The monoisotopic (exact) mass is 346 g/mol. The Morgan fingerprint density at radius 2 is 2.28 bits per heavy atom. The molecule has 1 atom stereocenters. The molecule has 0 bridgehead atoms. The Morgan fingerprint density at radius 3 is 3.00 bits per heavy atom. The molecule has 7 heteroatoms. The van der Waals surface area contributed by atoms with Gasteiger partial charge in [-0.25, -0.2) is 0 Å². The molecule has 0 aliphatic carbocycles. The summed E-state index contributed by atoms with van der Waals surface area (Å²) in [6, 6.07) is 8.97. The van der Waals surface area contributed by atoms with Crippen LogP contribution < -0.4 is 10.3 Å². The quantitative estimate of drug-likeness (QED) is 0.821. The highest BCUT2D eigenvalue weighted by atomic mass is 16.5. The summed E-state index contributed by atoms with van der Waals surface area (Å²) in [6.07, 6.45) is 1.06. The van der Waals surface area contributed by atoms with Crippen molar-refractivity contribution in [2.45, 2.75) is 31.8 Å². The van der Waals surface area contributed by atoms with Crippen LogP contribution in [0.2, 0.25) is 0 Å². The molecule has 0 radical (unpaired) electrons. The molecule has 2 heterocycles. The highest BCUT2D eigenvalue weighted by molar-refractivity contribution is 5.76. The number of rotatable bonds is 6. The summed E-state index contributed by atoms with van der Waals surface area (Å²) in [5, 5.41) is 12.8. The van der Waals surface area contributed by atoms with Crippen molar-refractivity contribution in [3.8, 4) is 5.75 Å². The van der Waals surface area contributed by atoms with Gasteiger partial charge in [0.05, 0.1) is 6.54 Å². The molecule has 0 unspecified atom stereocenters. The lowest BCUT2D eigenvalue weighted by Gasteiger charge is -2.23. The number of benzene rings is 1. The third-order valence-corrected chi connectivity index (χ3v) is 4.34. The molecule has 1 amide bonds. The normalized spacial score (nSPS) is 20.0. The Labute approximate surface area is 145 Å². The molecule has 2 aromatic rings. The maximum atomic E-state index is 12.3. The topological polar surface area (TPSA) is 95.8 Å². The van der Waals surface area contributed by atoms with E-state index in [-0.39, 0.29) is 31.0 Å². The number of aromatic amines is 1. The van der Waals surface area contributed by atoms with Crippen molar-refractivity contribution in [2.75, 3.05) is 19.7 Å². The van der Waals surface area contributed by atoms with Gasteiger partial charge in [-0.2, -0.15) is 5.16 Å². The fraction of sp³-hybridized carbons (Fsp3) is 0.444. The number of hydrogen-bond donors (Lipinski definition) is 2. The molecule has 1 fully saturated rings. The molecular formula is C18H22N2O5. The van der Waals surface area contributed by atoms with Gasteiger partial charge in [-0.1, -0.05) is 12.1 Å². The van der Waals surface area contributed by atoms with Crippen LogP contribution in [0.15, 0.2) is 39.6 Å². The number of hydrogen-bond acceptors (Lipinski definition) is 5. The third kappa shape index (κ3) is 4.51. The lowest BCUT2D eigenvalue weighted by atomic mass is 10.1. The van der Waals surface area contributed by atoms with Crippen LogP contribution in [0.5, 0.6) is 5.75 Å². The van der Waals surface area contributed by atoms with Crippen molar-refractivity contribution in [1.29, 1.82) is 0 Å². The minimum Gasteiger partial charge on any atom is -0.491 e. The van der Waals surface area contributed by atoms with E-state index in [4.69, 9.17) is 9.26 Å². The summed E-state index contributed by atoms with van der Waals surface area (Å²) in [7, 11) is 0. The lowest BCUT2D eigenvalue weighted by molar-refractivity contribution is -0.131. The Bertz CT molecular complexity index is 797. The number of H-pyrrole nitrogens is 1. The molecule has 1 aromatic heterocycles. The van der Waals surface area contributed by atoms with E-state index >= 15 is 0 Å². The minimum atomic E-state index is -1.04. The molecule has 1 aliphatic rings. The number of amides is 1. The van der Waals surface area contributed by atoms with Crippen molar-refractivity contribution in [3.63, 3.8) is 0 Å². The molecule has 7 nitrogen and oxygen atoms in total. The molecule has 1 saturated heterocycles. The number of nitrogens with zero attached hydrogens (tertiary/aromatic N) is 1. The average Bonchev–Trinajstić information content (AvgIpc) is 3.18. The van der Waals surface area contributed by atoms with E-state index in [0.29, 0.717) is 30.9 Å². The van der Waals surface area contributed by atoms with Gasteiger partial charge < -0.3 is 19.3 Å². The van der Waals surface area contributed by atoms with Gasteiger partial charge in [-0.15, -0.1) is 0 Å². The molecule has 2 N–H and O–H groups in total. The molecule has 3 rings (SSSR count). The lowest BCUT2D eigenvalue weighted by Crippen LogP contribution is -2.40. The Balaban J connectivity index is 1.49. The summed E-state index contributed by atoms with van der Waals surface area (Å²) < 4.78 is 10.6. The number of carbonyl (C=O) groups excluding carboxylic acids is 1. The van der Waals surface area contributed by atoms with Crippen LogP contribution in [0.25, 0.3) is 0 Å². The summed E-state index contributed by atoms with van der Waals surface area (Å²) in [6.45, 7) is 2.86. The highest BCUT2D eigenvalue weighted by Crippen LogP contribution is 2.24. The fourth-order valence-corrected chi connectivity index (χ4v) is 2.94. The number of aryl methyl sites for hydroxylation is 2. The largest absolute Gasteiger partial charge is 0.491 e. The molecule has 0 saturated carbocycles. The van der Waals surface area contributed by atoms with Crippen molar-refractivity contribution >= 4 is 5.91 Å². The minimum absolute atomic E-state index is 0.0738. The molecule has 0 spiro atoms. The van der Waals surface area contributed by atoms with Crippen molar-refractivity contribution in [3.05, 3.63) is 52.0 Å². The standard InChI is InChI=1S/C18H22N2O5/c1-13-3-2-4-14(9-13)24-12-18(23)7-8-20(11-18)17(22)6-5-15-10-16(21)19-25-15/h2-4,9-10,23H,5-8,11-12H2,1H3,(H,19,21)/t18-/m0/s1. The SMILES string of the molecule is Cc1cccc(OC[C@]2(O)CCN(C(=O)CCc3cc(=O)[nH]o3)C2)c1. The van der Waals surface area contributed by atoms with Crippen molar-refractivity contribution in [1.82, 2.24) is 10.1 Å². The summed E-state index contributed by atoms with van der Waals surface area (Å²) in [5.74, 6) is 1.09. The molecule has 134 valence electrons. The maximum absolute atomic E-state index is 12.3. The fourth-order valence-electron chi connectivity index (χ4n) is 2.94. The van der Waals surface area contributed by atoms with Crippen LogP contribution in [-0.4, -0.2) is 46.4 Å².